The van der Waals surface area contributed by atoms with Gasteiger partial charge in [-0.1, -0.05) is 17.7 Å². The second-order valence-corrected chi connectivity index (χ2v) is 4.95. The minimum atomic E-state index is 0. The number of aromatic nitrogens is 1. The summed E-state index contributed by atoms with van der Waals surface area (Å²) in [5.74, 6) is 0. The molecule has 19 heavy (non-hydrogen) atoms. The van der Waals surface area contributed by atoms with E-state index in [1.165, 1.54) is 16.8 Å². The molecule has 104 valence electrons. The molecule has 3 rings (SSSR count). The molecule has 2 heterocycles. The predicted octanol–water partition coefficient (Wildman–Crippen LogP) is 3.73. The van der Waals surface area contributed by atoms with Gasteiger partial charge in [-0.25, -0.2) is 0 Å². The molecule has 0 bridgehead atoms. The second kappa shape index (κ2) is 6.76. The summed E-state index contributed by atoms with van der Waals surface area (Å²) in [7, 11) is 0. The van der Waals surface area contributed by atoms with Crippen molar-refractivity contribution >= 4 is 47.3 Å². The van der Waals surface area contributed by atoms with Crippen LogP contribution in [0.3, 0.4) is 0 Å². The van der Waals surface area contributed by atoms with Gasteiger partial charge in [-0.15, -0.1) is 24.8 Å². The van der Waals surface area contributed by atoms with Crippen LogP contribution in [0, 0.1) is 6.92 Å². The molecule has 0 radical (unpaired) electrons. The van der Waals surface area contributed by atoms with Crippen molar-refractivity contribution in [3.63, 3.8) is 0 Å². The van der Waals surface area contributed by atoms with Gasteiger partial charge in [0.15, 0.2) is 0 Å². The van der Waals surface area contributed by atoms with E-state index in [1.54, 1.807) is 0 Å². The third-order valence-electron chi connectivity index (χ3n) is 3.51. The Labute approximate surface area is 130 Å². The van der Waals surface area contributed by atoms with Crippen molar-refractivity contribution in [3.8, 4) is 0 Å². The summed E-state index contributed by atoms with van der Waals surface area (Å²) in [6.07, 6.45) is 2.06. The number of rotatable bonds is 0. The molecule has 1 aliphatic heterocycles. The smallest absolute Gasteiger partial charge is 0.0723 e. The lowest BCUT2D eigenvalue weighted by atomic mass is 9.98. The number of benzene rings is 1. The van der Waals surface area contributed by atoms with Gasteiger partial charge in [0.25, 0.3) is 0 Å². The summed E-state index contributed by atoms with van der Waals surface area (Å²) >= 11 is 6.29. The largest absolute Gasteiger partial charge is 0.316 e. The van der Waals surface area contributed by atoms with Crippen molar-refractivity contribution in [2.24, 2.45) is 0 Å². The van der Waals surface area contributed by atoms with Gasteiger partial charge in [0.2, 0.25) is 0 Å². The molecule has 0 saturated heterocycles. The lowest BCUT2D eigenvalue weighted by Crippen LogP contribution is -2.16. The molecular formula is C14H17Cl3N2. The zero-order valence-corrected chi connectivity index (χ0v) is 13.1. The van der Waals surface area contributed by atoms with Gasteiger partial charge in [0, 0.05) is 24.0 Å². The number of aryl methyl sites for hydroxylation is 1. The van der Waals surface area contributed by atoms with Crippen LogP contribution in [0.25, 0.3) is 10.9 Å². The Morgan fingerprint density at radius 2 is 1.89 bits per heavy atom. The summed E-state index contributed by atoms with van der Waals surface area (Å²) in [4.78, 5) is 4.77. The van der Waals surface area contributed by atoms with Gasteiger partial charge >= 0.3 is 0 Å². The fourth-order valence-electron chi connectivity index (χ4n) is 2.64. The number of hydrogen-bond donors (Lipinski definition) is 1. The van der Waals surface area contributed by atoms with E-state index in [-0.39, 0.29) is 24.8 Å². The molecule has 0 atom stereocenters. The monoisotopic (exact) mass is 318 g/mol. The Hall–Kier alpha value is -0.540. The SMILES string of the molecule is Cc1c2c(nc3cccc(Cl)c13)CCNCC2.Cl.Cl. The Kier molecular flexibility index (Phi) is 5.87. The third kappa shape index (κ3) is 2.97. The summed E-state index contributed by atoms with van der Waals surface area (Å²) in [5, 5.41) is 5.35. The van der Waals surface area contributed by atoms with Crippen LogP contribution in [0.2, 0.25) is 5.02 Å². The van der Waals surface area contributed by atoms with E-state index in [9.17, 15) is 0 Å². The van der Waals surface area contributed by atoms with Crippen molar-refractivity contribution in [3.05, 3.63) is 40.0 Å². The first-order chi connectivity index (χ1) is 8.27. The third-order valence-corrected chi connectivity index (χ3v) is 3.83. The van der Waals surface area contributed by atoms with E-state index in [0.717, 1.165) is 41.9 Å². The molecule has 1 aromatic heterocycles. The molecule has 0 aliphatic carbocycles. The number of halogens is 3. The molecule has 0 amide bonds. The first-order valence-corrected chi connectivity index (χ1v) is 6.42. The first kappa shape index (κ1) is 16.5. The normalized spacial score (nSPS) is 14.0. The predicted molar refractivity (Wildman–Crippen MR) is 86.3 cm³/mol. The minimum Gasteiger partial charge on any atom is -0.316 e. The van der Waals surface area contributed by atoms with Gasteiger partial charge < -0.3 is 5.32 Å². The van der Waals surface area contributed by atoms with Crippen LogP contribution >= 0.6 is 36.4 Å². The number of fused-ring (bicyclic) bond motifs is 2. The zero-order chi connectivity index (χ0) is 11.8. The minimum absolute atomic E-state index is 0. The molecular weight excluding hydrogens is 303 g/mol. The maximum atomic E-state index is 6.29. The van der Waals surface area contributed by atoms with Gasteiger partial charge in [-0.2, -0.15) is 0 Å². The average Bonchev–Trinajstić information content (AvgIpc) is 2.54. The summed E-state index contributed by atoms with van der Waals surface area (Å²) < 4.78 is 0. The molecule has 2 aromatic rings. The lowest BCUT2D eigenvalue weighted by Gasteiger charge is -2.12. The molecule has 2 nitrogen and oxygen atoms in total. The molecule has 0 fully saturated rings. The van der Waals surface area contributed by atoms with Gasteiger partial charge in [0.05, 0.1) is 10.5 Å². The summed E-state index contributed by atoms with van der Waals surface area (Å²) in [6.45, 7) is 4.22. The Bertz CT molecular complexity index is 584. The van der Waals surface area contributed by atoms with E-state index in [1.807, 2.05) is 18.2 Å². The van der Waals surface area contributed by atoms with Crippen LogP contribution in [0.1, 0.15) is 16.8 Å². The molecule has 0 spiro atoms. The molecule has 1 N–H and O–H groups in total. The zero-order valence-electron chi connectivity index (χ0n) is 10.7. The van der Waals surface area contributed by atoms with Crippen molar-refractivity contribution in [2.75, 3.05) is 13.1 Å². The number of nitrogens with one attached hydrogen (secondary N) is 1. The van der Waals surface area contributed by atoms with E-state index >= 15 is 0 Å². The van der Waals surface area contributed by atoms with Gasteiger partial charge in [0.1, 0.15) is 0 Å². The van der Waals surface area contributed by atoms with Crippen molar-refractivity contribution in [1.29, 1.82) is 0 Å². The van der Waals surface area contributed by atoms with E-state index in [2.05, 4.69) is 12.2 Å². The van der Waals surface area contributed by atoms with Crippen LogP contribution < -0.4 is 5.32 Å². The highest BCUT2D eigenvalue weighted by Crippen LogP contribution is 2.29. The summed E-state index contributed by atoms with van der Waals surface area (Å²) in [5.41, 5.74) is 4.95. The Morgan fingerprint density at radius 3 is 2.68 bits per heavy atom. The maximum Gasteiger partial charge on any atom is 0.0723 e. The van der Waals surface area contributed by atoms with Crippen LogP contribution in [-0.4, -0.2) is 18.1 Å². The second-order valence-electron chi connectivity index (χ2n) is 4.55. The first-order valence-electron chi connectivity index (χ1n) is 6.04. The van der Waals surface area contributed by atoms with Crippen molar-refractivity contribution in [1.82, 2.24) is 10.3 Å². The van der Waals surface area contributed by atoms with E-state index < -0.39 is 0 Å². The number of pyridine rings is 1. The van der Waals surface area contributed by atoms with Gasteiger partial charge in [-0.05, 0) is 43.1 Å². The van der Waals surface area contributed by atoms with E-state index in [4.69, 9.17) is 16.6 Å². The van der Waals surface area contributed by atoms with Crippen LogP contribution in [0.15, 0.2) is 18.2 Å². The topological polar surface area (TPSA) is 24.9 Å². The molecule has 5 heteroatoms. The number of nitrogens with zero attached hydrogens (tertiary/aromatic N) is 1. The van der Waals surface area contributed by atoms with Crippen LogP contribution in [0.4, 0.5) is 0 Å². The quantitative estimate of drug-likeness (QED) is 0.800. The highest BCUT2D eigenvalue weighted by Gasteiger charge is 2.15. The Balaban J connectivity index is 0.000000902. The van der Waals surface area contributed by atoms with Crippen molar-refractivity contribution < 1.29 is 0 Å². The maximum absolute atomic E-state index is 6.29. The highest BCUT2D eigenvalue weighted by atomic mass is 35.5. The van der Waals surface area contributed by atoms with E-state index in [0.29, 0.717) is 0 Å². The molecule has 0 unspecified atom stereocenters. The summed E-state index contributed by atoms with van der Waals surface area (Å²) in [6, 6.07) is 5.96. The lowest BCUT2D eigenvalue weighted by molar-refractivity contribution is 0.708. The molecule has 1 aliphatic rings. The fourth-order valence-corrected chi connectivity index (χ4v) is 2.95. The fraction of sp³-hybridized carbons (Fsp3) is 0.357. The molecule has 0 saturated carbocycles. The van der Waals surface area contributed by atoms with Crippen LogP contribution in [-0.2, 0) is 12.8 Å². The Morgan fingerprint density at radius 1 is 1.16 bits per heavy atom. The molecule has 1 aromatic carbocycles. The number of hydrogen-bond acceptors (Lipinski definition) is 2. The van der Waals surface area contributed by atoms with Crippen molar-refractivity contribution in [2.45, 2.75) is 19.8 Å². The van der Waals surface area contributed by atoms with Gasteiger partial charge in [-0.3, -0.25) is 4.98 Å². The standard InChI is InChI=1S/C14H15ClN2.2ClH/c1-9-10-5-7-16-8-6-12(10)17-13-4-2-3-11(15)14(9)13;;/h2-4,16H,5-8H2,1H3;2*1H. The average molecular weight is 320 g/mol. The highest BCUT2D eigenvalue weighted by molar-refractivity contribution is 6.35. The van der Waals surface area contributed by atoms with Crippen LogP contribution in [0.5, 0.6) is 0 Å².